The van der Waals surface area contributed by atoms with Crippen molar-refractivity contribution in [2.75, 3.05) is 39.4 Å². The normalized spacial score (nSPS) is 19.3. The highest BCUT2D eigenvalue weighted by Crippen LogP contribution is 2.05. The monoisotopic (exact) mass is 272 g/mol. The van der Waals surface area contributed by atoms with E-state index in [0.29, 0.717) is 19.7 Å². The van der Waals surface area contributed by atoms with Gasteiger partial charge < -0.3 is 19.7 Å². The molecule has 1 unspecified atom stereocenters. The van der Waals surface area contributed by atoms with Crippen molar-refractivity contribution in [1.82, 2.24) is 10.2 Å². The number of rotatable bonds is 7. The van der Waals surface area contributed by atoms with Crippen LogP contribution in [-0.2, 0) is 19.1 Å². The van der Waals surface area contributed by atoms with Crippen molar-refractivity contribution < 1.29 is 19.1 Å². The first-order valence-corrected chi connectivity index (χ1v) is 6.87. The van der Waals surface area contributed by atoms with Gasteiger partial charge in [0.05, 0.1) is 12.7 Å². The lowest BCUT2D eigenvalue weighted by Gasteiger charge is -2.33. The Morgan fingerprint density at radius 3 is 2.95 bits per heavy atom. The molecule has 1 aliphatic heterocycles. The third-order valence-corrected chi connectivity index (χ3v) is 2.97. The molecule has 19 heavy (non-hydrogen) atoms. The summed E-state index contributed by atoms with van der Waals surface area (Å²) in [5, 5.41) is 3.32. The molecule has 0 aromatic heterocycles. The quantitative estimate of drug-likeness (QED) is 0.528. The van der Waals surface area contributed by atoms with E-state index in [1.165, 1.54) is 6.92 Å². The Morgan fingerprint density at radius 1 is 1.47 bits per heavy atom. The molecule has 0 bridgehead atoms. The minimum absolute atomic E-state index is 0.0203. The minimum Gasteiger partial charge on any atom is -0.456 e. The highest BCUT2D eigenvalue weighted by atomic mass is 16.5. The van der Waals surface area contributed by atoms with Crippen LogP contribution in [0.4, 0.5) is 0 Å². The topological polar surface area (TPSA) is 67.9 Å². The van der Waals surface area contributed by atoms with E-state index in [2.05, 4.69) is 12.2 Å². The van der Waals surface area contributed by atoms with Crippen LogP contribution in [0.25, 0.3) is 0 Å². The Kier molecular flexibility index (Phi) is 7.43. The van der Waals surface area contributed by atoms with Crippen molar-refractivity contribution in [3.63, 3.8) is 0 Å². The second-order valence-electron chi connectivity index (χ2n) is 4.67. The molecule has 0 aromatic rings. The summed E-state index contributed by atoms with van der Waals surface area (Å²) in [7, 11) is 0. The summed E-state index contributed by atoms with van der Waals surface area (Å²) in [4.78, 5) is 24.2. The SMILES string of the molecule is CCCCNCC1CN(C(=O)COC(C)=O)CCO1. The molecule has 0 saturated carbocycles. The molecule has 1 saturated heterocycles. The summed E-state index contributed by atoms with van der Waals surface area (Å²) in [6.45, 7) is 6.64. The fourth-order valence-electron chi connectivity index (χ4n) is 1.89. The molecular formula is C13H24N2O4. The second kappa shape index (κ2) is 8.87. The average Bonchev–Trinajstić information content (AvgIpc) is 2.41. The van der Waals surface area contributed by atoms with E-state index in [9.17, 15) is 9.59 Å². The zero-order valence-corrected chi connectivity index (χ0v) is 11.8. The number of hydrogen-bond donors (Lipinski definition) is 1. The van der Waals surface area contributed by atoms with Crippen LogP contribution in [0.15, 0.2) is 0 Å². The molecule has 1 aliphatic rings. The number of unbranched alkanes of at least 4 members (excludes halogenated alkanes) is 1. The number of morpholine rings is 1. The molecule has 110 valence electrons. The molecule has 6 nitrogen and oxygen atoms in total. The molecule has 1 atom stereocenters. The number of carbonyl (C=O) groups is 2. The lowest BCUT2D eigenvalue weighted by molar-refractivity contribution is -0.153. The second-order valence-corrected chi connectivity index (χ2v) is 4.67. The smallest absolute Gasteiger partial charge is 0.303 e. The molecule has 1 fully saturated rings. The van der Waals surface area contributed by atoms with E-state index in [1.807, 2.05) is 0 Å². The lowest BCUT2D eigenvalue weighted by Crippen LogP contribution is -2.50. The summed E-state index contributed by atoms with van der Waals surface area (Å²) in [5.74, 6) is -0.587. The minimum atomic E-state index is -0.431. The van der Waals surface area contributed by atoms with Gasteiger partial charge in [-0.3, -0.25) is 9.59 Å². The Bertz CT molecular complexity index is 296. The predicted molar refractivity (Wildman–Crippen MR) is 70.7 cm³/mol. The molecule has 0 aliphatic carbocycles. The Hall–Kier alpha value is -1.14. The highest BCUT2D eigenvalue weighted by molar-refractivity contribution is 5.80. The molecule has 1 N–H and O–H groups in total. The van der Waals surface area contributed by atoms with Gasteiger partial charge in [-0.1, -0.05) is 13.3 Å². The number of esters is 1. The fraction of sp³-hybridized carbons (Fsp3) is 0.846. The number of nitrogens with one attached hydrogen (secondary N) is 1. The summed E-state index contributed by atoms with van der Waals surface area (Å²) < 4.78 is 10.3. The molecule has 1 rings (SSSR count). The summed E-state index contributed by atoms with van der Waals surface area (Å²) in [6, 6.07) is 0. The first kappa shape index (κ1) is 15.9. The van der Waals surface area contributed by atoms with Gasteiger partial charge in [0, 0.05) is 26.6 Å². The van der Waals surface area contributed by atoms with Gasteiger partial charge in [0.1, 0.15) is 0 Å². The summed E-state index contributed by atoms with van der Waals surface area (Å²) >= 11 is 0. The van der Waals surface area contributed by atoms with Crippen molar-refractivity contribution in [3.8, 4) is 0 Å². The van der Waals surface area contributed by atoms with Crippen LogP contribution >= 0.6 is 0 Å². The zero-order valence-electron chi connectivity index (χ0n) is 11.8. The van der Waals surface area contributed by atoms with Crippen LogP contribution in [0.5, 0.6) is 0 Å². The fourth-order valence-corrected chi connectivity index (χ4v) is 1.89. The molecule has 1 heterocycles. The lowest BCUT2D eigenvalue weighted by atomic mass is 10.2. The van der Waals surface area contributed by atoms with Crippen molar-refractivity contribution in [3.05, 3.63) is 0 Å². The third kappa shape index (κ3) is 6.54. The molecule has 0 spiro atoms. The van der Waals surface area contributed by atoms with Gasteiger partial charge in [-0.05, 0) is 13.0 Å². The van der Waals surface area contributed by atoms with Gasteiger partial charge in [0.25, 0.3) is 5.91 Å². The van der Waals surface area contributed by atoms with Gasteiger partial charge in [0.2, 0.25) is 0 Å². The number of nitrogens with zero attached hydrogens (tertiary/aromatic N) is 1. The molecular weight excluding hydrogens is 248 g/mol. The van der Waals surface area contributed by atoms with Crippen LogP contribution < -0.4 is 5.32 Å². The van der Waals surface area contributed by atoms with Crippen molar-refractivity contribution in [2.45, 2.75) is 32.8 Å². The number of carbonyl (C=O) groups excluding carboxylic acids is 2. The van der Waals surface area contributed by atoms with E-state index >= 15 is 0 Å². The van der Waals surface area contributed by atoms with Crippen LogP contribution in [0.1, 0.15) is 26.7 Å². The number of hydrogen-bond acceptors (Lipinski definition) is 5. The largest absolute Gasteiger partial charge is 0.456 e. The van der Waals surface area contributed by atoms with Gasteiger partial charge in [-0.15, -0.1) is 0 Å². The van der Waals surface area contributed by atoms with Crippen molar-refractivity contribution in [1.29, 1.82) is 0 Å². The average molecular weight is 272 g/mol. The van der Waals surface area contributed by atoms with Crippen LogP contribution in [0, 0.1) is 0 Å². The molecule has 0 aromatic carbocycles. The first-order valence-electron chi connectivity index (χ1n) is 6.87. The van der Waals surface area contributed by atoms with Crippen molar-refractivity contribution >= 4 is 11.9 Å². The van der Waals surface area contributed by atoms with E-state index in [-0.39, 0.29) is 18.6 Å². The third-order valence-electron chi connectivity index (χ3n) is 2.97. The highest BCUT2D eigenvalue weighted by Gasteiger charge is 2.24. The molecule has 6 heteroatoms. The standard InChI is InChI=1S/C13H24N2O4/c1-3-4-5-14-8-12-9-15(6-7-18-12)13(17)10-19-11(2)16/h12,14H,3-10H2,1-2H3. The summed E-state index contributed by atoms with van der Waals surface area (Å²) in [6.07, 6.45) is 2.32. The van der Waals surface area contributed by atoms with Crippen LogP contribution in [-0.4, -0.2) is 62.3 Å². The van der Waals surface area contributed by atoms with Crippen molar-refractivity contribution in [2.24, 2.45) is 0 Å². The van der Waals surface area contributed by atoms with Crippen LogP contribution in [0.3, 0.4) is 0 Å². The predicted octanol–water partition coefficient (Wildman–Crippen LogP) is 0.167. The Morgan fingerprint density at radius 2 is 2.26 bits per heavy atom. The maximum absolute atomic E-state index is 11.8. The van der Waals surface area contributed by atoms with Gasteiger partial charge in [-0.25, -0.2) is 0 Å². The van der Waals surface area contributed by atoms with Crippen LogP contribution in [0.2, 0.25) is 0 Å². The molecule has 0 radical (unpaired) electrons. The number of ether oxygens (including phenoxy) is 2. The van der Waals surface area contributed by atoms with Gasteiger partial charge >= 0.3 is 5.97 Å². The van der Waals surface area contributed by atoms with E-state index in [4.69, 9.17) is 9.47 Å². The van der Waals surface area contributed by atoms with Gasteiger partial charge in [-0.2, -0.15) is 0 Å². The maximum Gasteiger partial charge on any atom is 0.303 e. The first-order chi connectivity index (χ1) is 9.13. The molecule has 1 amide bonds. The number of amides is 1. The summed E-state index contributed by atoms with van der Waals surface area (Å²) in [5.41, 5.74) is 0. The zero-order chi connectivity index (χ0) is 14.1. The van der Waals surface area contributed by atoms with E-state index in [1.54, 1.807) is 4.90 Å². The Balaban J connectivity index is 2.24. The van der Waals surface area contributed by atoms with E-state index < -0.39 is 5.97 Å². The van der Waals surface area contributed by atoms with E-state index in [0.717, 1.165) is 25.9 Å². The maximum atomic E-state index is 11.8. The van der Waals surface area contributed by atoms with Gasteiger partial charge in [0.15, 0.2) is 6.61 Å². The Labute approximate surface area is 114 Å².